The van der Waals surface area contributed by atoms with Crippen molar-refractivity contribution in [3.05, 3.63) is 59.9 Å². The summed E-state index contributed by atoms with van der Waals surface area (Å²) in [7, 11) is 0. The zero-order valence-corrected chi connectivity index (χ0v) is 10.8. The molecule has 0 aliphatic rings. The van der Waals surface area contributed by atoms with Crippen LogP contribution in [0.4, 0.5) is 10.1 Å². The van der Waals surface area contributed by atoms with Crippen LogP contribution in [0.1, 0.15) is 5.56 Å². The standard InChI is InChI=1S/C15H15FN2O2/c16-12-3-7-14(8-4-12)20-10-15(19)18-13-5-1-11(9-17)2-6-13/h1-8H,9-10,17H2,(H,18,19). The van der Waals surface area contributed by atoms with Crippen molar-refractivity contribution in [3.63, 3.8) is 0 Å². The summed E-state index contributed by atoms with van der Waals surface area (Å²) in [4.78, 5) is 11.7. The molecular weight excluding hydrogens is 259 g/mol. The second-order valence-electron chi connectivity index (χ2n) is 4.19. The first kappa shape index (κ1) is 14.0. The van der Waals surface area contributed by atoms with Gasteiger partial charge in [0.2, 0.25) is 0 Å². The molecule has 0 aliphatic heterocycles. The Bertz CT molecular complexity index is 567. The minimum absolute atomic E-state index is 0.135. The first-order valence-corrected chi connectivity index (χ1v) is 6.14. The summed E-state index contributed by atoms with van der Waals surface area (Å²) in [5, 5.41) is 2.70. The molecule has 20 heavy (non-hydrogen) atoms. The van der Waals surface area contributed by atoms with Crippen LogP contribution in [-0.2, 0) is 11.3 Å². The first-order valence-electron chi connectivity index (χ1n) is 6.14. The fraction of sp³-hybridized carbons (Fsp3) is 0.133. The summed E-state index contributed by atoms with van der Waals surface area (Å²) in [6.07, 6.45) is 0. The highest BCUT2D eigenvalue weighted by Gasteiger charge is 2.04. The number of carbonyl (C=O) groups excluding carboxylic acids is 1. The molecule has 3 N–H and O–H groups in total. The number of anilines is 1. The van der Waals surface area contributed by atoms with Gasteiger partial charge in [-0.3, -0.25) is 4.79 Å². The van der Waals surface area contributed by atoms with Crippen molar-refractivity contribution in [1.29, 1.82) is 0 Å². The third kappa shape index (κ3) is 4.07. The highest BCUT2D eigenvalue weighted by molar-refractivity contribution is 5.91. The van der Waals surface area contributed by atoms with E-state index < -0.39 is 0 Å². The molecule has 0 unspecified atom stereocenters. The van der Waals surface area contributed by atoms with E-state index in [1.165, 1.54) is 24.3 Å². The second-order valence-corrected chi connectivity index (χ2v) is 4.19. The van der Waals surface area contributed by atoms with Crippen LogP contribution in [-0.4, -0.2) is 12.5 Å². The number of hydrogen-bond acceptors (Lipinski definition) is 3. The molecule has 4 nitrogen and oxygen atoms in total. The van der Waals surface area contributed by atoms with Crippen molar-refractivity contribution in [2.45, 2.75) is 6.54 Å². The summed E-state index contributed by atoms with van der Waals surface area (Å²) in [6, 6.07) is 12.7. The van der Waals surface area contributed by atoms with E-state index in [9.17, 15) is 9.18 Å². The van der Waals surface area contributed by atoms with Crippen molar-refractivity contribution >= 4 is 11.6 Å². The van der Waals surface area contributed by atoms with Crippen LogP contribution in [0.2, 0.25) is 0 Å². The molecule has 0 saturated carbocycles. The van der Waals surface area contributed by atoms with E-state index in [-0.39, 0.29) is 18.3 Å². The van der Waals surface area contributed by atoms with Crippen LogP contribution in [0.25, 0.3) is 0 Å². The lowest BCUT2D eigenvalue weighted by molar-refractivity contribution is -0.118. The molecule has 0 bridgehead atoms. The maximum absolute atomic E-state index is 12.7. The normalized spacial score (nSPS) is 10.1. The minimum atomic E-state index is -0.346. The highest BCUT2D eigenvalue weighted by atomic mass is 19.1. The van der Waals surface area contributed by atoms with Gasteiger partial charge in [0.05, 0.1) is 0 Å². The predicted octanol–water partition coefficient (Wildman–Crippen LogP) is 2.30. The third-order valence-electron chi connectivity index (χ3n) is 2.66. The Morgan fingerprint density at radius 1 is 1.10 bits per heavy atom. The SMILES string of the molecule is NCc1ccc(NC(=O)COc2ccc(F)cc2)cc1. The summed E-state index contributed by atoms with van der Waals surface area (Å²) in [5.74, 6) is -0.184. The molecule has 2 rings (SSSR count). The zero-order valence-electron chi connectivity index (χ0n) is 10.8. The Morgan fingerprint density at radius 3 is 2.35 bits per heavy atom. The maximum Gasteiger partial charge on any atom is 0.262 e. The van der Waals surface area contributed by atoms with Gasteiger partial charge in [0.15, 0.2) is 6.61 Å². The number of nitrogens with two attached hydrogens (primary N) is 1. The molecule has 0 atom stereocenters. The van der Waals surface area contributed by atoms with E-state index in [2.05, 4.69) is 5.32 Å². The molecule has 0 aliphatic carbocycles. The van der Waals surface area contributed by atoms with Crippen LogP contribution in [0.15, 0.2) is 48.5 Å². The van der Waals surface area contributed by atoms with Crippen LogP contribution < -0.4 is 15.8 Å². The molecule has 104 valence electrons. The number of ether oxygens (including phenoxy) is 1. The van der Waals surface area contributed by atoms with E-state index in [4.69, 9.17) is 10.5 Å². The van der Waals surface area contributed by atoms with Gasteiger partial charge in [-0.15, -0.1) is 0 Å². The molecular formula is C15H15FN2O2. The van der Waals surface area contributed by atoms with E-state index >= 15 is 0 Å². The van der Waals surface area contributed by atoms with Gasteiger partial charge in [-0.05, 0) is 42.0 Å². The number of benzene rings is 2. The van der Waals surface area contributed by atoms with Crippen molar-refractivity contribution in [2.75, 3.05) is 11.9 Å². The van der Waals surface area contributed by atoms with Crippen molar-refractivity contribution in [2.24, 2.45) is 5.73 Å². The molecule has 2 aromatic carbocycles. The Morgan fingerprint density at radius 2 is 1.75 bits per heavy atom. The number of nitrogens with one attached hydrogen (secondary N) is 1. The Labute approximate surface area is 116 Å². The number of amides is 1. The number of hydrogen-bond donors (Lipinski definition) is 2. The third-order valence-corrected chi connectivity index (χ3v) is 2.66. The Hall–Kier alpha value is -2.40. The summed E-state index contributed by atoms with van der Waals surface area (Å²) < 4.78 is 17.9. The van der Waals surface area contributed by atoms with Crippen molar-refractivity contribution < 1.29 is 13.9 Å². The van der Waals surface area contributed by atoms with E-state index in [1.54, 1.807) is 12.1 Å². The summed E-state index contributed by atoms with van der Waals surface area (Å²) in [5.41, 5.74) is 7.16. The highest BCUT2D eigenvalue weighted by Crippen LogP contribution is 2.12. The fourth-order valence-electron chi connectivity index (χ4n) is 1.60. The monoisotopic (exact) mass is 274 g/mol. The van der Waals surface area contributed by atoms with E-state index in [0.717, 1.165) is 5.56 Å². The lowest BCUT2D eigenvalue weighted by Gasteiger charge is -2.08. The van der Waals surface area contributed by atoms with Gasteiger partial charge < -0.3 is 15.8 Å². The van der Waals surface area contributed by atoms with Crippen LogP contribution >= 0.6 is 0 Å². The molecule has 5 heteroatoms. The molecule has 0 spiro atoms. The molecule has 0 saturated heterocycles. The molecule has 1 amide bonds. The summed E-state index contributed by atoms with van der Waals surface area (Å²) in [6.45, 7) is 0.326. The van der Waals surface area contributed by atoms with Gasteiger partial charge in [-0.25, -0.2) is 4.39 Å². The number of carbonyl (C=O) groups is 1. The second kappa shape index (κ2) is 6.68. The Kier molecular flexibility index (Phi) is 4.68. The van der Waals surface area contributed by atoms with E-state index in [1.807, 2.05) is 12.1 Å². The largest absolute Gasteiger partial charge is 0.484 e. The zero-order chi connectivity index (χ0) is 14.4. The predicted molar refractivity (Wildman–Crippen MR) is 74.9 cm³/mol. The number of halogens is 1. The average Bonchev–Trinajstić information content (AvgIpc) is 2.47. The van der Waals surface area contributed by atoms with Gasteiger partial charge in [-0.2, -0.15) is 0 Å². The van der Waals surface area contributed by atoms with Crippen LogP contribution in [0, 0.1) is 5.82 Å². The lowest BCUT2D eigenvalue weighted by atomic mass is 10.2. The van der Waals surface area contributed by atoms with Gasteiger partial charge in [0.1, 0.15) is 11.6 Å². The molecule has 0 heterocycles. The quantitative estimate of drug-likeness (QED) is 0.879. The first-order chi connectivity index (χ1) is 9.67. The number of rotatable bonds is 5. The smallest absolute Gasteiger partial charge is 0.262 e. The lowest BCUT2D eigenvalue weighted by Crippen LogP contribution is -2.20. The average molecular weight is 274 g/mol. The summed E-state index contributed by atoms with van der Waals surface area (Å²) >= 11 is 0. The van der Waals surface area contributed by atoms with Crippen LogP contribution in [0.3, 0.4) is 0 Å². The van der Waals surface area contributed by atoms with Crippen LogP contribution in [0.5, 0.6) is 5.75 Å². The molecule has 2 aromatic rings. The molecule has 0 fully saturated rings. The van der Waals surface area contributed by atoms with Gasteiger partial charge in [0.25, 0.3) is 5.91 Å². The molecule has 0 radical (unpaired) electrons. The van der Waals surface area contributed by atoms with Crippen molar-refractivity contribution in [1.82, 2.24) is 0 Å². The van der Waals surface area contributed by atoms with E-state index in [0.29, 0.717) is 18.0 Å². The van der Waals surface area contributed by atoms with Gasteiger partial charge in [-0.1, -0.05) is 12.1 Å². The maximum atomic E-state index is 12.7. The fourth-order valence-corrected chi connectivity index (χ4v) is 1.60. The molecule has 0 aromatic heterocycles. The van der Waals surface area contributed by atoms with Gasteiger partial charge in [0, 0.05) is 12.2 Å². The van der Waals surface area contributed by atoms with Crippen molar-refractivity contribution in [3.8, 4) is 5.75 Å². The topological polar surface area (TPSA) is 64.3 Å². The minimum Gasteiger partial charge on any atom is -0.484 e. The van der Waals surface area contributed by atoms with Gasteiger partial charge >= 0.3 is 0 Å². The Balaban J connectivity index is 1.84.